The van der Waals surface area contributed by atoms with Gasteiger partial charge in [0, 0.05) is 12.0 Å². The number of halogens is 1. The molecule has 1 aromatic carbocycles. The van der Waals surface area contributed by atoms with E-state index in [9.17, 15) is 9.18 Å². The zero-order chi connectivity index (χ0) is 25.2. The van der Waals surface area contributed by atoms with E-state index in [0.717, 1.165) is 29.5 Å². The molecule has 3 aromatic heterocycles. The van der Waals surface area contributed by atoms with Crippen molar-refractivity contribution >= 4 is 33.3 Å². The molecule has 3 heterocycles. The van der Waals surface area contributed by atoms with E-state index in [-0.39, 0.29) is 24.0 Å². The molecular weight excluding hydrogens is 501 g/mol. The summed E-state index contributed by atoms with van der Waals surface area (Å²) < 4.78 is 26.9. The summed E-state index contributed by atoms with van der Waals surface area (Å²) in [5.41, 5.74) is 1.10. The molecule has 11 heteroatoms. The molecule has 36 heavy (non-hydrogen) atoms. The second-order valence-corrected chi connectivity index (χ2v) is 11.2. The number of benzene rings is 1. The van der Waals surface area contributed by atoms with Gasteiger partial charge >= 0.3 is 0 Å². The zero-order valence-electron chi connectivity index (χ0n) is 20.4. The number of hydrogen-bond donors (Lipinski definition) is 1. The molecule has 1 aliphatic rings. The molecule has 1 N–H and O–H groups in total. The number of para-hydroxylation sites is 1. The summed E-state index contributed by atoms with van der Waals surface area (Å²) in [4.78, 5) is 22.8. The van der Waals surface area contributed by atoms with Crippen LogP contribution in [0.3, 0.4) is 0 Å². The Morgan fingerprint density at radius 3 is 2.97 bits per heavy atom. The van der Waals surface area contributed by atoms with Crippen LogP contribution in [0.4, 0.5) is 4.39 Å². The first kappa shape index (κ1) is 24.9. The van der Waals surface area contributed by atoms with Gasteiger partial charge in [-0.05, 0) is 49.8 Å². The molecule has 8 nitrogen and oxygen atoms in total. The summed E-state index contributed by atoms with van der Waals surface area (Å²) in [6.07, 6.45) is 3.06. The summed E-state index contributed by atoms with van der Waals surface area (Å²) in [6, 6.07) is 6.18. The molecule has 2 atom stereocenters. The lowest BCUT2D eigenvalue weighted by Gasteiger charge is -2.17. The number of nitrogens with one attached hydrogen (secondary N) is 1. The van der Waals surface area contributed by atoms with Crippen molar-refractivity contribution in [1.82, 2.24) is 24.7 Å². The molecule has 0 unspecified atom stereocenters. The molecular formula is C25H28FN5O3S2. The van der Waals surface area contributed by atoms with Crippen LogP contribution in [0.15, 0.2) is 34.2 Å². The van der Waals surface area contributed by atoms with E-state index in [1.165, 1.54) is 28.3 Å². The lowest BCUT2D eigenvalue weighted by Crippen LogP contribution is -2.17. The van der Waals surface area contributed by atoms with Gasteiger partial charge in [0.1, 0.15) is 17.3 Å². The smallest absolute Gasteiger partial charge is 0.259 e. The Bertz CT molecular complexity index is 1430. The molecule has 0 aliphatic heterocycles. The first-order valence-electron chi connectivity index (χ1n) is 11.9. The summed E-state index contributed by atoms with van der Waals surface area (Å²) in [6.45, 7) is 4.75. The van der Waals surface area contributed by atoms with Crippen LogP contribution in [0, 0.1) is 11.7 Å². The number of H-pyrrole nitrogens is 1. The van der Waals surface area contributed by atoms with Gasteiger partial charge in [-0.15, -0.1) is 21.5 Å². The van der Waals surface area contributed by atoms with Crippen molar-refractivity contribution in [2.45, 2.75) is 56.7 Å². The van der Waals surface area contributed by atoms with Crippen molar-refractivity contribution in [2.75, 3.05) is 13.7 Å². The molecule has 5 rings (SSSR count). The van der Waals surface area contributed by atoms with Crippen LogP contribution in [0.25, 0.3) is 10.2 Å². The number of aryl methyl sites for hydroxylation is 1. The Morgan fingerprint density at radius 2 is 2.17 bits per heavy atom. The number of methoxy groups -OCH3 is 1. The SMILES string of the molecule is COC[C@H](C)n1c(COc2ccccc2F)nnc1SCc1nc2sc3c(c2c(=O)[nH]1)CC[C@@H](C)C3. The summed E-state index contributed by atoms with van der Waals surface area (Å²) in [5, 5.41) is 10.0. The minimum absolute atomic E-state index is 0.0583. The highest BCUT2D eigenvalue weighted by Gasteiger charge is 2.24. The van der Waals surface area contributed by atoms with E-state index in [1.54, 1.807) is 36.6 Å². The number of thiophene rings is 1. The number of fused-ring (bicyclic) bond motifs is 3. The van der Waals surface area contributed by atoms with Crippen molar-refractivity contribution < 1.29 is 13.9 Å². The molecule has 0 bridgehead atoms. The predicted octanol–water partition coefficient (Wildman–Crippen LogP) is 4.92. The number of aromatic amines is 1. The first-order valence-corrected chi connectivity index (χ1v) is 13.7. The van der Waals surface area contributed by atoms with E-state index in [0.29, 0.717) is 35.1 Å². The number of rotatable bonds is 9. The molecule has 0 fully saturated rings. The van der Waals surface area contributed by atoms with Crippen molar-refractivity contribution in [1.29, 1.82) is 0 Å². The van der Waals surface area contributed by atoms with Gasteiger partial charge in [0.2, 0.25) is 0 Å². The van der Waals surface area contributed by atoms with Gasteiger partial charge in [0.15, 0.2) is 22.5 Å². The van der Waals surface area contributed by atoms with Gasteiger partial charge < -0.3 is 14.5 Å². The fraction of sp³-hybridized carbons (Fsp3) is 0.440. The monoisotopic (exact) mass is 529 g/mol. The summed E-state index contributed by atoms with van der Waals surface area (Å²) in [7, 11) is 1.63. The van der Waals surface area contributed by atoms with Crippen molar-refractivity contribution in [3.63, 3.8) is 0 Å². The summed E-state index contributed by atoms with van der Waals surface area (Å²) in [5.74, 6) is 1.94. The van der Waals surface area contributed by atoms with Gasteiger partial charge in [-0.1, -0.05) is 30.8 Å². The first-order chi connectivity index (χ1) is 17.4. The molecule has 1 aliphatic carbocycles. The Kier molecular flexibility index (Phi) is 7.40. The van der Waals surface area contributed by atoms with Crippen LogP contribution in [-0.2, 0) is 29.9 Å². The predicted molar refractivity (Wildman–Crippen MR) is 138 cm³/mol. The Labute approximate surface area is 216 Å². The van der Waals surface area contributed by atoms with Gasteiger partial charge in [-0.25, -0.2) is 9.37 Å². The molecule has 4 aromatic rings. The summed E-state index contributed by atoms with van der Waals surface area (Å²) >= 11 is 3.07. The highest BCUT2D eigenvalue weighted by molar-refractivity contribution is 7.98. The van der Waals surface area contributed by atoms with Crippen LogP contribution in [0.2, 0.25) is 0 Å². The number of hydrogen-bond acceptors (Lipinski definition) is 8. The van der Waals surface area contributed by atoms with Gasteiger partial charge in [0.25, 0.3) is 5.56 Å². The highest BCUT2D eigenvalue weighted by Crippen LogP contribution is 2.36. The van der Waals surface area contributed by atoms with Crippen LogP contribution >= 0.6 is 23.1 Å². The second-order valence-electron chi connectivity index (χ2n) is 9.13. The van der Waals surface area contributed by atoms with E-state index in [2.05, 4.69) is 22.1 Å². The second kappa shape index (κ2) is 10.7. The fourth-order valence-electron chi connectivity index (χ4n) is 4.56. The molecule has 0 amide bonds. The largest absolute Gasteiger partial charge is 0.483 e. The maximum atomic E-state index is 14.0. The molecule has 0 radical (unpaired) electrons. The fourth-order valence-corrected chi connectivity index (χ4v) is 6.89. The topological polar surface area (TPSA) is 94.9 Å². The van der Waals surface area contributed by atoms with Gasteiger partial charge in [-0.3, -0.25) is 9.36 Å². The maximum absolute atomic E-state index is 14.0. The third-order valence-electron chi connectivity index (χ3n) is 6.33. The maximum Gasteiger partial charge on any atom is 0.259 e. The van der Waals surface area contributed by atoms with Crippen molar-refractivity contribution in [3.8, 4) is 5.75 Å². The quantitative estimate of drug-likeness (QED) is 0.308. The van der Waals surface area contributed by atoms with E-state index < -0.39 is 5.82 Å². The van der Waals surface area contributed by atoms with Crippen molar-refractivity contribution in [3.05, 3.63) is 62.5 Å². The zero-order valence-corrected chi connectivity index (χ0v) is 22.0. The minimum Gasteiger partial charge on any atom is -0.483 e. The Balaban J connectivity index is 1.37. The van der Waals surface area contributed by atoms with E-state index in [4.69, 9.17) is 14.5 Å². The van der Waals surface area contributed by atoms with Gasteiger partial charge in [-0.2, -0.15) is 0 Å². The average molecular weight is 530 g/mol. The number of nitrogens with zero attached hydrogens (tertiary/aromatic N) is 4. The molecule has 0 saturated heterocycles. The van der Waals surface area contributed by atoms with E-state index in [1.807, 2.05) is 11.5 Å². The third kappa shape index (κ3) is 5.05. The highest BCUT2D eigenvalue weighted by atomic mass is 32.2. The molecule has 0 saturated carbocycles. The minimum atomic E-state index is -0.432. The third-order valence-corrected chi connectivity index (χ3v) is 8.43. The van der Waals surface area contributed by atoms with Crippen LogP contribution in [0.1, 0.15) is 48.4 Å². The van der Waals surface area contributed by atoms with Gasteiger partial charge in [0.05, 0.1) is 23.8 Å². The normalized spacial score (nSPS) is 16.3. The average Bonchev–Trinajstić information content (AvgIpc) is 3.43. The van der Waals surface area contributed by atoms with Crippen LogP contribution < -0.4 is 10.3 Å². The lowest BCUT2D eigenvalue weighted by atomic mass is 9.89. The number of thioether (sulfide) groups is 1. The van der Waals surface area contributed by atoms with Crippen LogP contribution in [-0.4, -0.2) is 38.4 Å². The van der Waals surface area contributed by atoms with Crippen molar-refractivity contribution in [2.24, 2.45) is 5.92 Å². The molecule has 0 spiro atoms. The Hall–Kier alpha value is -2.76. The number of ether oxygens (including phenoxy) is 2. The standard InChI is InChI=1S/C25H28FN5O3S2/c1-14-8-9-16-19(10-14)36-24-22(16)23(32)27-20(28-24)13-35-25-30-29-21(31(25)15(2)11-33-3)12-34-18-7-5-4-6-17(18)26/h4-7,14-15H,8-13H2,1-3H3,(H,27,28,32)/t14-,15+/m1/s1. The Morgan fingerprint density at radius 1 is 1.33 bits per heavy atom. The number of aromatic nitrogens is 5. The molecule has 190 valence electrons. The lowest BCUT2D eigenvalue weighted by molar-refractivity contribution is 0.154. The van der Waals surface area contributed by atoms with Crippen LogP contribution in [0.5, 0.6) is 5.75 Å². The van der Waals surface area contributed by atoms with E-state index >= 15 is 0 Å².